The lowest BCUT2D eigenvalue weighted by Crippen LogP contribution is -2.41. The molecule has 10 heavy (non-hydrogen) atoms. The smallest absolute Gasteiger partial charge is 0.105 e. The topological polar surface area (TPSA) is 41.5 Å². The Morgan fingerprint density at radius 1 is 1.70 bits per heavy atom. The number of nitrogens with one attached hydrogen (secondary N) is 1. The molecular weight excluding hydrogens is 154 g/mol. The normalized spacial score (nSPS) is 43.5. The molecule has 2 atom stereocenters. The van der Waals surface area contributed by atoms with Gasteiger partial charge in [-0.15, -0.1) is 12.4 Å². The molecule has 0 saturated carbocycles. The highest BCUT2D eigenvalue weighted by Gasteiger charge is 2.45. The zero-order chi connectivity index (χ0) is 6.32. The highest BCUT2D eigenvalue weighted by Crippen LogP contribution is 2.30. The largest absolute Gasteiger partial charge is 0.393 e. The lowest BCUT2D eigenvalue weighted by molar-refractivity contribution is -0.0432. The summed E-state index contributed by atoms with van der Waals surface area (Å²) in [6, 6.07) is 0.511. The molecule has 2 saturated heterocycles. The molecule has 0 radical (unpaired) electrons. The van der Waals surface area contributed by atoms with Gasteiger partial charge in [-0.3, -0.25) is 0 Å². The molecule has 2 rings (SSSR count). The molecule has 0 aromatic rings. The third-order valence-corrected chi connectivity index (χ3v) is 2.21. The van der Waals surface area contributed by atoms with Gasteiger partial charge < -0.3 is 15.2 Å². The number of halogens is 1. The quantitative estimate of drug-likeness (QED) is 0.552. The SMILES string of the molecule is Cl.OCC12CN[C@H](CO1)C2. The fourth-order valence-corrected chi connectivity index (χ4v) is 1.60. The number of morpholine rings is 1. The average molecular weight is 166 g/mol. The summed E-state index contributed by atoms with van der Waals surface area (Å²) < 4.78 is 5.38. The van der Waals surface area contributed by atoms with Crippen LogP contribution in [0.25, 0.3) is 0 Å². The zero-order valence-corrected chi connectivity index (χ0v) is 6.49. The predicted octanol–water partition coefficient (Wildman–Crippen LogP) is -0.469. The van der Waals surface area contributed by atoms with Crippen LogP contribution >= 0.6 is 12.4 Å². The van der Waals surface area contributed by atoms with Crippen LogP contribution in [0.15, 0.2) is 0 Å². The second-order valence-corrected chi connectivity index (χ2v) is 2.93. The summed E-state index contributed by atoms with van der Waals surface area (Å²) in [4.78, 5) is 0. The van der Waals surface area contributed by atoms with Gasteiger partial charge in [-0.2, -0.15) is 0 Å². The van der Waals surface area contributed by atoms with Gasteiger partial charge in [-0.1, -0.05) is 0 Å². The Balaban J connectivity index is 0.000000500. The molecule has 1 unspecified atom stereocenters. The number of rotatable bonds is 1. The highest BCUT2D eigenvalue weighted by molar-refractivity contribution is 5.85. The van der Waals surface area contributed by atoms with E-state index in [9.17, 15) is 0 Å². The first-order valence-electron chi connectivity index (χ1n) is 3.33. The maximum absolute atomic E-state index is 8.88. The first kappa shape index (κ1) is 8.27. The number of fused-ring (bicyclic) bond motifs is 2. The Morgan fingerprint density at radius 2 is 2.50 bits per heavy atom. The maximum atomic E-state index is 8.88. The number of hydrogen-bond donors (Lipinski definition) is 2. The van der Waals surface area contributed by atoms with Crippen LogP contribution < -0.4 is 5.32 Å². The first-order chi connectivity index (χ1) is 4.35. The Kier molecular flexibility index (Phi) is 2.20. The summed E-state index contributed by atoms with van der Waals surface area (Å²) in [5, 5.41) is 12.1. The molecule has 2 fully saturated rings. The summed E-state index contributed by atoms with van der Waals surface area (Å²) in [6.45, 7) is 1.77. The van der Waals surface area contributed by atoms with E-state index in [1.54, 1.807) is 0 Å². The van der Waals surface area contributed by atoms with E-state index in [1.165, 1.54) is 0 Å². The predicted molar refractivity (Wildman–Crippen MR) is 39.4 cm³/mol. The molecule has 2 N–H and O–H groups in total. The molecule has 0 aromatic carbocycles. The number of aliphatic hydroxyl groups excluding tert-OH is 1. The van der Waals surface area contributed by atoms with Crippen LogP contribution in [-0.4, -0.2) is 36.5 Å². The van der Waals surface area contributed by atoms with Gasteiger partial charge in [0.25, 0.3) is 0 Å². The minimum atomic E-state index is -0.204. The van der Waals surface area contributed by atoms with Crippen molar-refractivity contribution >= 4 is 12.4 Å². The van der Waals surface area contributed by atoms with Crippen LogP contribution in [0.3, 0.4) is 0 Å². The van der Waals surface area contributed by atoms with E-state index in [-0.39, 0.29) is 24.6 Å². The van der Waals surface area contributed by atoms with Crippen LogP contribution in [-0.2, 0) is 4.74 Å². The zero-order valence-electron chi connectivity index (χ0n) is 5.67. The molecule has 3 nitrogen and oxygen atoms in total. The van der Waals surface area contributed by atoms with Crippen LogP contribution in [0.4, 0.5) is 0 Å². The summed E-state index contributed by atoms with van der Waals surface area (Å²) in [5.74, 6) is 0. The first-order valence-corrected chi connectivity index (χ1v) is 3.33. The van der Waals surface area contributed by atoms with Crippen LogP contribution in [0.1, 0.15) is 6.42 Å². The molecule has 4 heteroatoms. The Bertz CT molecular complexity index is 123. The van der Waals surface area contributed by atoms with E-state index in [0.717, 1.165) is 19.6 Å². The summed E-state index contributed by atoms with van der Waals surface area (Å²) in [6.07, 6.45) is 0.990. The van der Waals surface area contributed by atoms with Crippen molar-refractivity contribution in [3.8, 4) is 0 Å². The molecule has 0 spiro atoms. The van der Waals surface area contributed by atoms with E-state index >= 15 is 0 Å². The third-order valence-electron chi connectivity index (χ3n) is 2.21. The van der Waals surface area contributed by atoms with Gasteiger partial charge in [0.2, 0.25) is 0 Å². The van der Waals surface area contributed by atoms with Crippen molar-refractivity contribution in [2.75, 3.05) is 19.8 Å². The van der Waals surface area contributed by atoms with Gasteiger partial charge in [0.05, 0.1) is 13.2 Å². The second kappa shape index (κ2) is 2.66. The maximum Gasteiger partial charge on any atom is 0.105 e. The van der Waals surface area contributed by atoms with E-state index in [2.05, 4.69) is 5.32 Å². The van der Waals surface area contributed by atoms with Gasteiger partial charge >= 0.3 is 0 Å². The van der Waals surface area contributed by atoms with Crippen molar-refractivity contribution in [1.82, 2.24) is 5.32 Å². The Labute approximate surface area is 66.2 Å². The Hall–Kier alpha value is 0.170. The monoisotopic (exact) mass is 165 g/mol. The van der Waals surface area contributed by atoms with Crippen LogP contribution in [0.2, 0.25) is 0 Å². The van der Waals surface area contributed by atoms with Crippen molar-refractivity contribution < 1.29 is 9.84 Å². The number of ether oxygens (including phenoxy) is 1. The molecule has 0 aliphatic carbocycles. The van der Waals surface area contributed by atoms with Gasteiger partial charge in [0, 0.05) is 12.6 Å². The van der Waals surface area contributed by atoms with Crippen LogP contribution in [0, 0.1) is 0 Å². The molecule has 0 amide bonds. The van der Waals surface area contributed by atoms with Crippen molar-refractivity contribution in [3.63, 3.8) is 0 Å². The fraction of sp³-hybridized carbons (Fsp3) is 1.00. The van der Waals surface area contributed by atoms with Gasteiger partial charge in [0.15, 0.2) is 0 Å². The summed E-state index contributed by atoms with van der Waals surface area (Å²) in [5.41, 5.74) is -0.204. The van der Waals surface area contributed by atoms with Crippen molar-refractivity contribution in [2.45, 2.75) is 18.1 Å². The highest BCUT2D eigenvalue weighted by atomic mass is 35.5. The third kappa shape index (κ3) is 1.03. The van der Waals surface area contributed by atoms with Gasteiger partial charge in [-0.05, 0) is 6.42 Å². The standard InChI is InChI=1S/C6H11NO2.ClH/c8-4-6-1-5(2-9-6)7-3-6;/h5,7-8H,1-4H2;1H/t5-,6?;/m0./s1. The van der Waals surface area contributed by atoms with E-state index in [0.29, 0.717) is 6.04 Å². The molecular formula is C6H12ClNO2. The molecule has 2 heterocycles. The van der Waals surface area contributed by atoms with E-state index in [1.807, 2.05) is 0 Å². The molecule has 2 aliphatic rings. The van der Waals surface area contributed by atoms with Gasteiger partial charge in [0.1, 0.15) is 5.60 Å². The Morgan fingerprint density at radius 3 is 2.70 bits per heavy atom. The summed E-state index contributed by atoms with van der Waals surface area (Å²) in [7, 11) is 0. The second-order valence-electron chi connectivity index (χ2n) is 2.93. The lowest BCUT2D eigenvalue weighted by Gasteiger charge is -2.23. The van der Waals surface area contributed by atoms with Crippen LogP contribution in [0.5, 0.6) is 0 Å². The van der Waals surface area contributed by atoms with Crippen molar-refractivity contribution in [1.29, 1.82) is 0 Å². The van der Waals surface area contributed by atoms with Gasteiger partial charge in [-0.25, -0.2) is 0 Å². The number of aliphatic hydroxyl groups is 1. The van der Waals surface area contributed by atoms with E-state index < -0.39 is 0 Å². The molecule has 0 aromatic heterocycles. The number of hydrogen-bond acceptors (Lipinski definition) is 3. The molecule has 2 aliphatic heterocycles. The molecule has 2 bridgehead atoms. The van der Waals surface area contributed by atoms with Crippen molar-refractivity contribution in [2.24, 2.45) is 0 Å². The fourth-order valence-electron chi connectivity index (χ4n) is 1.60. The minimum absolute atomic E-state index is 0. The molecule has 60 valence electrons. The summed E-state index contributed by atoms with van der Waals surface area (Å²) >= 11 is 0. The lowest BCUT2D eigenvalue weighted by atomic mass is 10.1. The van der Waals surface area contributed by atoms with E-state index in [4.69, 9.17) is 9.84 Å². The average Bonchev–Trinajstić information content (AvgIpc) is 2.46. The minimum Gasteiger partial charge on any atom is -0.393 e. The van der Waals surface area contributed by atoms with Crippen molar-refractivity contribution in [3.05, 3.63) is 0 Å².